The molecule has 7 nitrogen and oxygen atoms in total. The molecule has 1 aliphatic heterocycles. The second kappa shape index (κ2) is 8.97. The zero-order valence-corrected chi connectivity index (χ0v) is 19.0. The Balaban J connectivity index is 1.20. The normalized spacial score (nSPS) is 18.2. The van der Waals surface area contributed by atoms with Crippen LogP contribution in [-0.4, -0.2) is 53.2 Å². The van der Waals surface area contributed by atoms with E-state index in [4.69, 9.17) is 9.84 Å². The number of hydrogen-bond donors (Lipinski definition) is 2. The van der Waals surface area contributed by atoms with Crippen molar-refractivity contribution in [1.29, 1.82) is 0 Å². The maximum absolute atomic E-state index is 12.9. The Labute approximate surface area is 198 Å². The van der Waals surface area contributed by atoms with Gasteiger partial charge in [-0.2, -0.15) is 0 Å². The van der Waals surface area contributed by atoms with Crippen molar-refractivity contribution >= 4 is 18.0 Å². The second-order valence-corrected chi connectivity index (χ2v) is 9.39. The van der Waals surface area contributed by atoms with E-state index in [0.29, 0.717) is 25.1 Å². The number of benzene rings is 2. The fourth-order valence-electron chi connectivity index (χ4n) is 5.29. The molecule has 176 valence electrons. The van der Waals surface area contributed by atoms with Crippen molar-refractivity contribution in [3.63, 3.8) is 0 Å². The van der Waals surface area contributed by atoms with Crippen LogP contribution in [0, 0.1) is 0 Å². The van der Waals surface area contributed by atoms with Crippen LogP contribution in [0.4, 0.5) is 4.79 Å². The van der Waals surface area contributed by atoms with E-state index < -0.39 is 17.6 Å². The van der Waals surface area contributed by atoms with Crippen LogP contribution < -0.4 is 5.32 Å². The minimum Gasteiger partial charge on any atom is -0.478 e. The molecule has 1 saturated carbocycles. The van der Waals surface area contributed by atoms with Gasteiger partial charge in [-0.15, -0.1) is 0 Å². The number of fused-ring (bicyclic) bond motifs is 3. The minimum absolute atomic E-state index is 0.0132. The molecular formula is C27H28N2O5. The molecule has 3 aliphatic rings. The molecule has 0 bridgehead atoms. The van der Waals surface area contributed by atoms with Crippen LogP contribution >= 0.6 is 0 Å². The summed E-state index contributed by atoms with van der Waals surface area (Å²) in [5, 5.41) is 12.1. The van der Waals surface area contributed by atoms with Crippen LogP contribution in [0.25, 0.3) is 11.1 Å². The molecule has 0 aromatic heterocycles. The lowest BCUT2D eigenvalue weighted by Crippen LogP contribution is -2.56. The van der Waals surface area contributed by atoms with Crippen molar-refractivity contribution in [2.45, 2.75) is 43.6 Å². The number of alkyl carbamates (subject to hydrolysis) is 1. The standard InChI is InChI=1S/C27H28N2O5/c30-24(29-14-10-18(11-15-29)25(31)32)16-27(12-5-13-27)28-26(33)34-17-23-21-8-3-1-6-19(21)20-7-2-4-9-22(20)23/h1-4,6-10,23H,5,11-17H2,(H,28,33)(H,31,32). The van der Waals surface area contributed by atoms with Crippen LogP contribution in [-0.2, 0) is 14.3 Å². The Morgan fingerprint density at radius 3 is 2.21 bits per heavy atom. The summed E-state index contributed by atoms with van der Waals surface area (Å²) in [5.74, 6) is -1.01. The summed E-state index contributed by atoms with van der Waals surface area (Å²) < 4.78 is 5.69. The summed E-state index contributed by atoms with van der Waals surface area (Å²) >= 11 is 0. The van der Waals surface area contributed by atoms with E-state index in [9.17, 15) is 14.4 Å². The number of nitrogens with zero attached hydrogens (tertiary/aromatic N) is 1. The topological polar surface area (TPSA) is 95.9 Å². The van der Waals surface area contributed by atoms with E-state index in [0.717, 1.165) is 30.4 Å². The van der Waals surface area contributed by atoms with Crippen molar-refractivity contribution < 1.29 is 24.2 Å². The Kier molecular flexibility index (Phi) is 5.86. The van der Waals surface area contributed by atoms with Gasteiger partial charge in [0.2, 0.25) is 5.91 Å². The summed E-state index contributed by atoms with van der Waals surface area (Å²) in [6.07, 6.45) is 4.04. The summed E-state index contributed by atoms with van der Waals surface area (Å²) in [7, 11) is 0. The number of rotatable bonds is 6. The second-order valence-electron chi connectivity index (χ2n) is 9.39. The lowest BCUT2D eigenvalue weighted by atomic mass is 9.74. The zero-order chi connectivity index (χ0) is 23.7. The lowest BCUT2D eigenvalue weighted by molar-refractivity contribution is -0.136. The minimum atomic E-state index is -0.931. The third-order valence-electron chi connectivity index (χ3n) is 7.35. The fourth-order valence-corrected chi connectivity index (χ4v) is 5.29. The summed E-state index contributed by atoms with van der Waals surface area (Å²) in [6, 6.07) is 16.4. The van der Waals surface area contributed by atoms with Crippen molar-refractivity contribution in [3.05, 3.63) is 71.3 Å². The molecule has 2 amide bonds. The molecule has 0 spiro atoms. The fraction of sp³-hybridized carbons (Fsp3) is 0.370. The van der Waals surface area contributed by atoms with Crippen molar-refractivity contribution in [2.24, 2.45) is 0 Å². The summed E-state index contributed by atoms with van der Waals surface area (Å²) in [4.78, 5) is 38.4. The molecule has 2 N–H and O–H groups in total. The highest BCUT2D eigenvalue weighted by Crippen LogP contribution is 2.44. The number of nitrogens with one attached hydrogen (secondary N) is 1. The van der Waals surface area contributed by atoms with Gasteiger partial charge in [0.15, 0.2) is 0 Å². The first-order valence-corrected chi connectivity index (χ1v) is 11.8. The Morgan fingerprint density at radius 1 is 1.03 bits per heavy atom. The van der Waals surface area contributed by atoms with Gasteiger partial charge in [-0.1, -0.05) is 54.6 Å². The molecule has 1 heterocycles. The molecule has 2 aromatic carbocycles. The van der Waals surface area contributed by atoms with Crippen LogP contribution in [0.3, 0.4) is 0 Å². The van der Waals surface area contributed by atoms with Crippen LogP contribution in [0.15, 0.2) is 60.2 Å². The number of carboxylic acid groups (broad SMARTS) is 1. The molecular weight excluding hydrogens is 432 g/mol. The Bertz CT molecular complexity index is 1120. The van der Waals surface area contributed by atoms with Crippen molar-refractivity contribution in [1.82, 2.24) is 10.2 Å². The van der Waals surface area contributed by atoms with E-state index in [1.807, 2.05) is 24.3 Å². The van der Waals surface area contributed by atoms with Gasteiger partial charge in [0.05, 0.1) is 12.0 Å². The number of ether oxygens (including phenoxy) is 1. The molecule has 0 atom stereocenters. The quantitative estimate of drug-likeness (QED) is 0.677. The van der Waals surface area contributed by atoms with E-state index in [-0.39, 0.29) is 24.9 Å². The van der Waals surface area contributed by atoms with Gasteiger partial charge in [0.25, 0.3) is 0 Å². The Hall–Kier alpha value is -3.61. The number of carbonyl (C=O) groups excluding carboxylic acids is 2. The zero-order valence-electron chi connectivity index (χ0n) is 19.0. The van der Waals surface area contributed by atoms with Gasteiger partial charge in [0, 0.05) is 24.6 Å². The molecule has 2 aromatic rings. The number of amides is 2. The third-order valence-corrected chi connectivity index (χ3v) is 7.35. The maximum Gasteiger partial charge on any atom is 0.407 e. The average Bonchev–Trinajstić information content (AvgIpc) is 3.15. The molecule has 1 fully saturated rings. The van der Waals surface area contributed by atoms with Gasteiger partial charge in [-0.25, -0.2) is 9.59 Å². The third kappa shape index (κ3) is 4.18. The van der Waals surface area contributed by atoms with Gasteiger partial charge < -0.3 is 20.1 Å². The highest BCUT2D eigenvalue weighted by atomic mass is 16.5. The maximum atomic E-state index is 12.9. The van der Waals surface area contributed by atoms with Crippen LogP contribution in [0.1, 0.15) is 49.1 Å². The molecule has 0 saturated heterocycles. The number of aliphatic carboxylic acids is 1. The molecule has 0 unspecified atom stereocenters. The molecule has 2 aliphatic carbocycles. The van der Waals surface area contributed by atoms with E-state index in [1.165, 1.54) is 11.1 Å². The molecule has 7 heteroatoms. The SMILES string of the molecule is O=C(NC1(CC(=O)N2CC=C(C(=O)O)CC2)CCC1)OCC1c2ccccc2-c2ccccc21. The first-order chi connectivity index (χ1) is 16.5. The predicted octanol–water partition coefficient (Wildman–Crippen LogP) is 4.08. The highest BCUT2D eigenvalue weighted by Gasteiger charge is 2.42. The first kappa shape index (κ1) is 22.2. The first-order valence-electron chi connectivity index (χ1n) is 11.8. The smallest absolute Gasteiger partial charge is 0.407 e. The average molecular weight is 461 g/mol. The van der Waals surface area contributed by atoms with E-state index >= 15 is 0 Å². The predicted molar refractivity (Wildman–Crippen MR) is 126 cm³/mol. The van der Waals surface area contributed by atoms with Crippen LogP contribution in [0.2, 0.25) is 0 Å². The molecule has 34 heavy (non-hydrogen) atoms. The lowest BCUT2D eigenvalue weighted by Gasteiger charge is -2.42. The van der Waals surface area contributed by atoms with Crippen molar-refractivity contribution in [3.8, 4) is 11.1 Å². The highest BCUT2D eigenvalue weighted by molar-refractivity contribution is 5.87. The summed E-state index contributed by atoms with van der Waals surface area (Å²) in [6.45, 7) is 0.915. The number of carbonyl (C=O) groups is 3. The monoisotopic (exact) mass is 460 g/mol. The van der Waals surface area contributed by atoms with Crippen molar-refractivity contribution in [2.75, 3.05) is 19.7 Å². The van der Waals surface area contributed by atoms with E-state index in [1.54, 1.807) is 11.0 Å². The molecule has 0 radical (unpaired) electrons. The van der Waals surface area contributed by atoms with E-state index in [2.05, 4.69) is 29.6 Å². The van der Waals surface area contributed by atoms with Crippen LogP contribution in [0.5, 0.6) is 0 Å². The Morgan fingerprint density at radius 2 is 1.68 bits per heavy atom. The number of hydrogen-bond acceptors (Lipinski definition) is 4. The van der Waals surface area contributed by atoms with Gasteiger partial charge >= 0.3 is 12.1 Å². The largest absolute Gasteiger partial charge is 0.478 e. The van der Waals surface area contributed by atoms with Gasteiger partial charge in [0.1, 0.15) is 6.61 Å². The molecule has 5 rings (SSSR count). The van der Waals surface area contributed by atoms with Gasteiger partial charge in [-0.05, 0) is 47.9 Å². The van der Waals surface area contributed by atoms with Gasteiger partial charge in [-0.3, -0.25) is 4.79 Å². The number of carboxylic acids is 1. The summed E-state index contributed by atoms with van der Waals surface area (Å²) in [5.41, 5.74) is 4.42.